The Kier molecular flexibility index (Phi) is 4.50. The van der Waals surface area contributed by atoms with Crippen LogP contribution in [-0.4, -0.2) is 20.1 Å². The molecule has 0 spiro atoms. The van der Waals surface area contributed by atoms with E-state index in [1.807, 2.05) is 0 Å². The number of hydrogen-bond acceptors (Lipinski definition) is 4. The zero-order valence-electron chi connectivity index (χ0n) is 10.9. The van der Waals surface area contributed by atoms with Crippen LogP contribution in [0, 0.1) is 0 Å². The van der Waals surface area contributed by atoms with E-state index in [1.165, 1.54) is 18.2 Å². The van der Waals surface area contributed by atoms with Gasteiger partial charge in [-0.1, -0.05) is 23.7 Å². The van der Waals surface area contributed by atoms with Gasteiger partial charge < -0.3 is 11.1 Å². The Morgan fingerprint density at radius 2 is 1.86 bits per heavy atom. The van der Waals surface area contributed by atoms with Crippen molar-refractivity contribution in [3.8, 4) is 0 Å². The topological polar surface area (TPSA) is 89.3 Å². The van der Waals surface area contributed by atoms with Gasteiger partial charge in [0, 0.05) is 16.4 Å². The molecule has 2 rings (SSSR count). The van der Waals surface area contributed by atoms with Crippen molar-refractivity contribution in [3.63, 3.8) is 0 Å². The monoisotopic (exact) mass is 324 g/mol. The third kappa shape index (κ3) is 4.21. The minimum atomic E-state index is -3.74. The highest BCUT2D eigenvalue weighted by Gasteiger charge is 2.19. The molecule has 2 aromatic rings. The summed E-state index contributed by atoms with van der Waals surface area (Å²) in [6, 6.07) is 12.3. The molecule has 0 saturated carbocycles. The molecule has 110 valence electrons. The largest absolute Gasteiger partial charge is 0.399 e. The first kappa shape index (κ1) is 15.3. The van der Waals surface area contributed by atoms with E-state index in [9.17, 15) is 13.2 Å². The highest BCUT2D eigenvalue weighted by atomic mass is 35.5. The molecule has 0 saturated heterocycles. The Hall–Kier alpha value is -2.05. The molecule has 0 bridgehead atoms. The Labute approximate surface area is 127 Å². The predicted molar refractivity (Wildman–Crippen MR) is 83.0 cm³/mol. The zero-order chi connectivity index (χ0) is 15.5. The van der Waals surface area contributed by atoms with Gasteiger partial charge in [0.05, 0.1) is 4.90 Å². The van der Waals surface area contributed by atoms with Gasteiger partial charge in [0.1, 0.15) is 5.75 Å². The third-order valence-corrected chi connectivity index (χ3v) is 4.50. The van der Waals surface area contributed by atoms with Crippen LogP contribution in [0.3, 0.4) is 0 Å². The minimum Gasteiger partial charge on any atom is -0.399 e. The highest BCUT2D eigenvalue weighted by Crippen LogP contribution is 2.17. The van der Waals surface area contributed by atoms with Crippen molar-refractivity contribution >= 4 is 38.7 Å². The number of benzene rings is 2. The number of halogens is 1. The van der Waals surface area contributed by atoms with Crippen molar-refractivity contribution in [2.24, 2.45) is 0 Å². The van der Waals surface area contributed by atoms with Crippen LogP contribution in [0.1, 0.15) is 0 Å². The van der Waals surface area contributed by atoms with E-state index >= 15 is 0 Å². The van der Waals surface area contributed by atoms with Crippen molar-refractivity contribution in [1.29, 1.82) is 0 Å². The maximum atomic E-state index is 12.1. The number of hydrogen-bond donors (Lipinski definition) is 2. The summed E-state index contributed by atoms with van der Waals surface area (Å²) in [5.74, 6) is -1.30. The lowest BCUT2D eigenvalue weighted by Crippen LogP contribution is -2.23. The predicted octanol–water partition coefficient (Wildman–Crippen LogP) is 2.33. The van der Waals surface area contributed by atoms with E-state index in [1.54, 1.807) is 30.3 Å². The summed E-state index contributed by atoms with van der Waals surface area (Å²) >= 11 is 5.76. The van der Waals surface area contributed by atoms with Crippen LogP contribution < -0.4 is 11.1 Å². The van der Waals surface area contributed by atoms with Crippen LogP contribution in [0.2, 0.25) is 5.02 Å². The highest BCUT2D eigenvalue weighted by molar-refractivity contribution is 7.92. The van der Waals surface area contributed by atoms with Crippen molar-refractivity contribution < 1.29 is 13.2 Å². The van der Waals surface area contributed by atoms with Gasteiger partial charge in [-0.3, -0.25) is 4.79 Å². The molecule has 0 aromatic heterocycles. The van der Waals surface area contributed by atoms with Crippen LogP contribution in [0.25, 0.3) is 0 Å². The molecule has 5 nitrogen and oxygen atoms in total. The summed E-state index contributed by atoms with van der Waals surface area (Å²) < 4.78 is 24.2. The quantitative estimate of drug-likeness (QED) is 0.845. The number of nitrogens with one attached hydrogen (secondary N) is 1. The van der Waals surface area contributed by atoms with Gasteiger partial charge in [0.2, 0.25) is 5.91 Å². The molecule has 0 aliphatic carbocycles. The zero-order valence-corrected chi connectivity index (χ0v) is 12.5. The van der Waals surface area contributed by atoms with Gasteiger partial charge in [-0.15, -0.1) is 0 Å². The van der Waals surface area contributed by atoms with Crippen molar-refractivity contribution in [1.82, 2.24) is 0 Å². The first-order valence-corrected chi connectivity index (χ1v) is 8.03. The Bertz CT molecular complexity index is 775. The standard InChI is InChI=1S/C14H13ClN2O3S/c15-10-3-1-6-13(7-10)21(19,20)9-14(18)17-12-5-2-4-11(16)8-12/h1-8H,9,16H2,(H,17,18). The van der Waals surface area contributed by atoms with E-state index in [0.717, 1.165) is 0 Å². The first-order valence-electron chi connectivity index (χ1n) is 6.00. The van der Waals surface area contributed by atoms with E-state index in [0.29, 0.717) is 16.4 Å². The number of nitrogens with two attached hydrogens (primary N) is 1. The molecule has 0 atom stereocenters. The average molecular weight is 325 g/mol. The lowest BCUT2D eigenvalue weighted by Gasteiger charge is -2.07. The van der Waals surface area contributed by atoms with Crippen LogP contribution in [0.15, 0.2) is 53.4 Å². The summed E-state index contributed by atoms with van der Waals surface area (Å²) in [7, 11) is -3.74. The summed E-state index contributed by atoms with van der Waals surface area (Å²) in [5, 5.41) is 2.79. The van der Waals surface area contributed by atoms with Gasteiger partial charge in [-0.25, -0.2) is 8.42 Å². The second kappa shape index (κ2) is 6.15. The van der Waals surface area contributed by atoms with Gasteiger partial charge in [0.15, 0.2) is 9.84 Å². The number of carbonyl (C=O) groups excluding carboxylic acids is 1. The number of nitrogen functional groups attached to an aromatic ring is 1. The van der Waals surface area contributed by atoms with E-state index in [4.69, 9.17) is 17.3 Å². The number of rotatable bonds is 4. The molecular formula is C14H13ClN2O3S. The summed E-state index contributed by atoms with van der Waals surface area (Å²) in [5.41, 5.74) is 6.51. The summed E-state index contributed by atoms with van der Waals surface area (Å²) in [4.78, 5) is 11.8. The molecule has 1 amide bonds. The van der Waals surface area contributed by atoms with Crippen molar-refractivity contribution in [2.45, 2.75) is 4.90 Å². The molecule has 0 heterocycles. The molecule has 0 radical (unpaired) electrons. The first-order chi connectivity index (χ1) is 9.87. The second-order valence-corrected chi connectivity index (χ2v) is 6.82. The molecule has 2 aromatic carbocycles. The summed E-state index contributed by atoms with van der Waals surface area (Å²) in [6.07, 6.45) is 0. The fraction of sp³-hybridized carbons (Fsp3) is 0.0714. The Balaban J connectivity index is 2.12. The van der Waals surface area contributed by atoms with E-state index in [2.05, 4.69) is 5.32 Å². The lowest BCUT2D eigenvalue weighted by molar-refractivity contribution is -0.113. The van der Waals surface area contributed by atoms with Gasteiger partial charge >= 0.3 is 0 Å². The molecular weight excluding hydrogens is 312 g/mol. The Morgan fingerprint density at radius 1 is 1.14 bits per heavy atom. The molecule has 3 N–H and O–H groups in total. The minimum absolute atomic E-state index is 0.0118. The number of amides is 1. The third-order valence-electron chi connectivity index (χ3n) is 2.65. The summed E-state index contributed by atoms with van der Waals surface area (Å²) in [6.45, 7) is 0. The SMILES string of the molecule is Nc1cccc(NC(=O)CS(=O)(=O)c2cccc(Cl)c2)c1. The normalized spacial score (nSPS) is 11.1. The number of anilines is 2. The van der Waals surface area contributed by atoms with Crippen LogP contribution in [0.4, 0.5) is 11.4 Å². The van der Waals surface area contributed by atoms with Crippen LogP contribution >= 0.6 is 11.6 Å². The maximum Gasteiger partial charge on any atom is 0.239 e. The average Bonchev–Trinajstić information content (AvgIpc) is 2.37. The second-order valence-electron chi connectivity index (χ2n) is 4.39. The molecule has 7 heteroatoms. The molecule has 0 unspecified atom stereocenters. The molecule has 0 aliphatic rings. The Morgan fingerprint density at radius 3 is 2.52 bits per heavy atom. The number of sulfone groups is 1. The van der Waals surface area contributed by atoms with Gasteiger partial charge in [-0.05, 0) is 36.4 Å². The molecule has 21 heavy (non-hydrogen) atoms. The van der Waals surface area contributed by atoms with Crippen LogP contribution in [0.5, 0.6) is 0 Å². The van der Waals surface area contributed by atoms with Gasteiger partial charge in [0.25, 0.3) is 0 Å². The van der Waals surface area contributed by atoms with Crippen LogP contribution in [-0.2, 0) is 14.6 Å². The maximum absolute atomic E-state index is 12.1. The molecule has 0 aliphatic heterocycles. The van der Waals surface area contributed by atoms with E-state index < -0.39 is 21.5 Å². The van der Waals surface area contributed by atoms with E-state index in [-0.39, 0.29) is 4.90 Å². The lowest BCUT2D eigenvalue weighted by atomic mass is 10.3. The molecule has 0 fully saturated rings. The fourth-order valence-electron chi connectivity index (χ4n) is 1.73. The van der Waals surface area contributed by atoms with Crippen molar-refractivity contribution in [3.05, 3.63) is 53.6 Å². The number of carbonyl (C=O) groups is 1. The smallest absolute Gasteiger partial charge is 0.239 e. The van der Waals surface area contributed by atoms with Crippen molar-refractivity contribution in [2.75, 3.05) is 16.8 Å². The van der Waals surface area contributed by atoms with Gasteiger partial charge in [-0.2, -0.15) is 0 Å². The fourth-order valence-corrected chi connectivity index (χ4v) is 3.16.